The Labute approximate surface area is 107 Å². The molecule has 0 aromatic heterocycles. The fourth-order valence-corrected chi connectivity index (χ4v) is 1.80. The maximum Gasteiger partial charge on any atom is 0.237 e. The SMILES string of the molecule is CSCC[C@H](N)C(=O)N[C@H]([C]=O)CCCCN. The van der Waals surface area contributed by atoms with Crippen molar-refractivity contribution in [2.45, 2.75) is 37.8 Å². The van der Waals surface area contributed by atoms with Crippen LogP contribution in [-0.4, -0.2) is 42.8 Å². The first-order valence-electron chi connectivity index (χ1n) is 5.78. The topological polar surface area (TPSA) is 98.2 Å². The highest BCUT2D eigenvalue weighted by Crippen LogP contribution is 2.01. The number of thioether (sulfide) groups is 1. The summed E-state index contributed by atoms with van der Waals surface area (Å²) >= 11 is 1.64. The first-order valence-corrected chi connectivity index (χ1v) is 7.17. The Morgan fingerprint density at radius 2 is 2.12 bits per heavy atom. The molecule has 0 saturated heterocycles. The lowest BCUT2D eigenvalue weighted by atomic mass is 10.1. The summed E-state index contributed by atoms with van der Waals surface area (Å²) in [7, 11) is 0. The number of amides is 1. The maximum atomic E-state index is 11.6. The van der Waals surface area contributed by atoms with Gasteiger partial charge in [-0.05, 0) is 44.2 Å². The van der Waals surface area contributed by atoms with E-state index >= 15 is 0 Å². The van der Waals surface area contributed by atoms with Gasteiger partial charge in [-0.2, -0.15) is 11.8 Å². The second-order valence-electron chi connectivity index (χ2n) is 3.85. The molecule has 0 spiro atoms. The highest BCUT2D eigenvalue weighted by Gasteiger charge is 2.17. The smallest absolute Gasteiger partial charge is 0.237 e. The minimum atomic E-state index is -0.561. The van der Waals surface area contributed by atoms with Crippen LogP contribution in [0.15, 0.2) is 0 Å². The van der Waals surface area contributed by atoms with Crippen LogP contribution in [0.2, 0.25) is 0 Å². The van der Waals surface area contributed by atoms with Crippen molar-refractivity contribution < 1.29 is 9.59 Å². The van der Waals surface area contributed by atoms with E-state index < -0.39 is 12.1 Å². The molecule has 5 nitrogen and oxygen atoms in total. The summed E-state index contributed by atoms with van der Waals surface area (Å²) in [5, 5.41) is 2.60. The Morgan fingerprint density at radius 1 is 1.41 bits per heavy atom. The Hall–Kier alpha value is -0.590. The van der Waals surface area contributed by atoms with Gasteiger partial charge in [-0.25, -0.2) is 0 Å². The minimum Gasteiger partial charge on any atom is -0.344 e. The third-order valence-electron chi connectivity index (χ3n) is 2.38. The summed E-state index contributed by atoms with van der Waals surface area (Å²) in [5.41, 5.74) is 11.0. The number of rotatable bonds is 10. The molecule has 6 heteroatoms. The minimum absolute atomic E-state index is 0.278. The summed E-state index contributed by atoms with van der Waals surface area (Å²) in [5.74, 6) is 0.553. The summed E-state index contributed by atoms with van der Waals surface area (Å²) in [6.45, 7) is 0.590. The number of nitrogens with two attached hydrogens (primary N) is 2. The molecule has 0 heterocycles. The molecule has 0 aliphatic rings. The van der Waals surface area contributed by atoms with E-state index in [1.807, 2.05) is 12.5 Å². The second-order valence-corrected chi connectivity index (χ2v) is 4.84. The zero-order valence-electron chi connectivity index (χ0n) is 10.3. The average molecular weight is 260 g/mol. The fraction of sp³-hybridized carbons (Fsp3) is 0.818. The highest BCUT2D eigenvalue weighted by atomic mass is 32.2. The summed E-state index contributed by atoms with van der Waals surface area (Å²) in [4.78, 5) is 22.3. The van der Waals surface area contributed by atoms with Gasteiger partial charge in [0.25, 0.3) is 0 Å². The van der Waals surface area contributed by atoms with Crippen LogP contribution in [0.25, 0.3) is 0 Å². The zero-order chi connectivity index (χ0) is 13.1. The van der Waals surface area contributed by atoms with Crippen LogP contribution in [-0.2, 0) is 9.59 Å². The van der Waals surface area contributed by atoms with Crippen molar-refractivity contribution in [1.29, 1.82) is 0 Å². The quantitative estimate of drug-likeness (QED) is 0.472. The molecule has 0 fully saturated rings. The first-order chi connectivity index (χ1) is 8.15. The van der Waals surface area contributed by atoms with E-state index in [0.29, 0.717) is 19.4 Å². The first kappa shape index (κ1) is 16.4. The molecule has 0 aromatic carbocycles. The molecule has 0 aliphatic carbocycles. The number of hydrogen-bond donors (Lipinski definition) is 3. The van der Waals surface area contributed by atoms with Crippen molar-refractivity contribution in [3.63, 3.8) is 0 Å². The standard InChI is InChI=1S/C11H22N3O2S/c1-17-7-5-10(13)11(16)14-9(8-15)4-2-3-6-12/h9-10H,2-7,12-13H2,1H3,(H,14,16)/t9-,10-/m0/s1. The van der Waals surface area contributed by atoms with Crippen molar-refractivity contribution in [2.24, 2.45) is 11.5 Å². The number of nitrogens with one attached hydrogen (secondary N) is 1. The van der Waals surface area contributed by atoms with E-state index in [0.717, 1.165) is 18.6 Å². The number of carbonyl (C=O) groups is 1. The maximum absolute atomic E-state index is 11.6. The molecule has 5 N–H and O–H groups in total. The lowest BCUT2D eigenvalue weighted by Crippen LogP contribution is -2.46. The Kier molecular flexibility index (Phi) is 10.2. The molecule has 0 saturated carbocycles. The largest absolute Gasteiger partial charge is 0.344 e. The fourth-order valence-electron chi connectivity index (χ4n) is 1.31. The Balaban J connectivity index is 3.91. The Morgan fingerprint density at radius 3 is 2.65 bits per heavy atom. The number of unbranched alkanes of at least 4 members (excludes halogenated alkanes) is 1. The van der Waals surface area contributed by atoms with E-state index in [-0.39, 0.29) is 5.91 Å². The molecule has 0 unspecified atom stereocenters. The van der Waals surface area contributed by atoms with Gasteiger partial charge < -0.3 is 16.8 Å². The molecule has 1 radical (unpaired) electrons. The van der Waals surface area contributed by atoms with Crippen LogP contribution < -0.4 is 16.8 Å². The second kappa shape index (κ2) is 10.6. The van der Waals surface area contributed by atoms with E-state index in [9.17, 15) is 9.59 Å². The van der Waals surface area contributed by atoms with Gasteiger partial charge in [0, 0.05) is 0 Å². The Bertz CT molecular complexity index is 227. The van der Waals surface area contributed by atoms with Gasteiger partial charge in [0.05, 0.1) is 12.1 Å². The van der Waals surface area contributed by atoms with Crippen molar-refractivity contribution in [3.8, 4) is 0 Å². The van der Waals surface area contributed by atoms with Gasteiger partial charge in [-0.3, -0.25) is 9.59 Å². The molecule has 0 aliphatic heterocycles. The molecule has 0 aromatic rings. The van der Waals surface area contributed by atoms with Crippen LogP contribution in [0.1, 0.15) is 25.7 Å². The lowest BCUT2D eigenvalue weighted by molar-refractivity contribution is -0.122. The van der Waals surface area contributed by atoms with Crippen LogP contribution in [0.5, 0.6) is 0 Å². The van der Waals surface area contributed by atoms with E-state index in [1.165, 1.54) is 0 Å². The van der Waals surface area contributed by atoms with Gasteiger partial charge in [-0.1, -0.05) is 0 Å². The molecular weight excluding hydrogens is 238 g/mol. The molecule has 0 rings (SSSR count). The van der Waals surface area contributed by atoms with E-state index in [2.05, 4.69) is 5.32 Å². The number of carbonyl (C=O) groups excluding carboxylic acids is 2. The molecular formula is C11H22N3O2S. The predicted molar refractivity (Wildman–Crippen MR) is 71.5 cm³/mol. The number of hydrogen-bond acceptors (Lipinski definition) is 5. The van der Waals surface area contributed by atoms with Gasteiger partial charge in [0.2, 0.25) is 12.2 Å². The van der Waals surface area contributed by atoms with E-state index in [4.69, 9.17) is 11.5 Å². The molecule has 99 valence electrons. The van der Waals surface area contributed by atoms with Crippen molar-refractivity contribution >= 4 is 24.0 Å². The van der Waals surface area contributed by atoms with Gasteiger partial charge in [-0.15, -0.1) is 0 Å². The summed E-state index contributed by atoms with van der Waals surface area (Å²) < 4.78 is 0. The lowest BCUT2D eigenvalue weighted by Gasteiger charge is -2.15. The molecule has 2 atom stereocenters. The average Bonchev–Trinajstić information content (AvgIpc) is 2.34. The molecule has 17 heavy (non-hydrogen) atoms. The predicted octanol–water partition coefficient (Wildman–Crippen LogP) is -0.210. The van der Waals surface area contributed by atoms with Crippen LogP contribution >= 0.6 is 11.8 Å². The normalized spacial score (nSPS) is 14.1. The van der Waals surface area contributed by atoms with Gasteiger partial charge in [0.1, 0.15) is 0 Å². The van der Waals surface area contributed by atoms with E-state index in [1.54, 1.807) is 11.8 Å². The van der Waals surface area contributed by atoms with Crippen LogP contribution in [0, 0.1) is 0 Å². The van der Waals surface area contributed by atoms with Crippen LogP contribution in [0.4, 0.5) is 0 Å². The zero-order valence-corrected chi connectivity index (χ0v) is 11.1. The molecule has 0 bridgehead atoms. The monoisotopic (exact) mass is 260 g/mol. The highest BCUT2D eigenvalue weighted by molar-refractivity contribution is 7.98. The van der Waals surface area contributed by atoms with Crippen molar-refractivity contribution in [3.05, 3.63) is 0 Å². The van der Waals surface area contributed by atoms with Crippen molar-refractivity contribution in [1.82, 2.24) is 5.32 Å². The molecule has 1 amide bonds. The third kappa shape index (κ3) is 8.18. The van der Waals surface area contributed by atoms with Gasteiger partial charge in [0.15, 0.2) is 0 Å². The summed E-state index contributed by atoms with van der Waals surface area (Å²) in [6, 6.07) is -1.11. The van der Waals surface area contributed by atoms with Gasteiger partial charge >= 0.3 is 0 Å². The van der Waals surface area contributed by atoms with Crippen LogP contribution in [0.3, 0.4) is 0 Å². The van der Waals surface area contributed by atoms with Crippen molar-refractivity contribution in [2.75, 3.05) is 18.6 Å². The summed E-state index contributed by atoms with van der Waals surface area (Å²) in [6.07, 6.45) is 6.60. The third-order valence-corrected chi connectivity index (χ3v) is 3.02.